The van der Waals surface area contributed by atoms with E-state index in [-0.39, 0.29) is 29.2 Å². The van der Waals surface area contributed by atoms with Crippen molar-refractivity contribution in [1.82, 2.24) is 5.32 Å². The van der Waals surface area contributed by atoms with Crippen molar-refractivity contribution in [3.8, 4) is 0 Å². The number of rotatable bonds is 2. The van der Waals surface area contributed by atoms with Gasteiger partial charge in [0.25, 0.3) is 0 Å². The van der Waals surface area contributed by atoms with Gasteiger partial charge in [0.2, 0.25) is 11.8 Å². The molecule has 1 saturated heterocycles. The van der Waals surface area contributed by atoms with E-state index in [2.05, 4.69) is 17.6 Å². The molecular formula is C28H34F6N2O2. The van der Waals surface area contributed by atoms with Gasteiger partial charge in [-0.15, -0.1) is 0 Å². The van der Waals surface area contributed by atoms with E-state index in [9.17, 15) is 35.9 Å². The molecule has 1 aliphatic heterocycles. The number of hydrogen-bond donors (Lipinski definition) is 2. The third kappa shape index (κ3) is 4.30. The Hall–Kier alpha value is -2.26. The van der Waals surface area contributed by atoms with Crippen LogP contribution < -0.4 is 10.6 Å². The van der Waals surface area contributed by atoms with Crippen molar-refractivity contribution < 1.29 is 35.9 Å². The van der Waals surface area contributed by atoms with E-state index in [1.807, 2.05) is 13.8 Å². The van der Waals surface area contributed by atoms with Crippen molar-refractivity contribution in [2.45, 2.75) is 84.1 Å². The first-order valence-corrected chi connectivity index (χ1v) is 13.5. The summed E-state index contributed by atoms with van der Waals surface area (Å²) in [6.07, 6.45) is -4.33. The summed E-state index contributed by atoms with van der Waals surface area (Å²) >= 11 is 0. The molecule has 1 aromatic carbocycles. The molecule has 3 saturated carbocycles. The van der Waals surface area contributed by atoms with Crippen LogP contribution in [0.15, 0.2) is 18.2 Å². The van der Waals surface area contributed by atoms with E-state index in [4.69, 9.17) is 0 Å². The smallest absolute Gasteiger partial charge is 0.353 e. The minimum atomic E-state index is -4.91. The van der Waals surface area contributed by atoms with Gasteiger partial charge in [-0.1, -0.05) is 20.8 Å². The van der Waals surface area contributed by atoms with Crippen LogP contribution >= 0.6 is 0 Å². The molecule has 2 N–H and O–H groups in total. The number of fused-ring (bicyclic) bond motifs is 5. The third-order valence-electron chi connectivity index (χ3n) is 10.6. The summed E-state index contributed by atoms with van der Waals surface area (Å²) in [6.45, 7) is 6.24. The second kappa shape index (κ2) is 8.88. The minimum Gasteiger partial charge on any atom is -0.353 e. The normalized spacial score (nSPS) is 39.0. The largest absolute Gasteiger partial charge is 0.418 e. The van der Waals surface area contributed by atoms with E-state index in [1.54, 1.807) is 0 Å². The molecule has 0 radical (unpaired) electrons. The molecular weight excluding hydrogens is 510 g/mol. The van der Waals surface area contributed by atoms with Crippen molar-refractivity contribution >= 4 is 17.5 Å². The number of carbonyl (C=O) groups excluding carboxylic acids is 2. The Kier molecular flexibility index (Phi) is 6.38. The molecule has 1 aromatic rings. The lowest BCUT2D eigenvalue weighted by Gasteiger charge is -2.60. The summed E-state index contributed by atoms with van der Waals surface area (Å²) in [4.78, 5) is 25.8. The summed E-state index contributed by atoms with van der Waals surface area (Å²) in [5.74, 6) is -0.279. The SMILES string of the molecule is C[C@@H]1C[C@@]2(C)[C@@H](CC[C@@H]3[C@@H]2CC[C@]2(C)[C@@H](C(=O)Nc4cc(C(F)(F)F)ccc4C(F)(F)F)CC[C@@H]32)NC1=O. The number of alkyl halides is 6. The highest BCUT2D eigenvalue weighted by atomic mass is 19.4. The average Bonchev–Trinajstić information content (AvgIpc) is 3.16. The monoisotopic (exact) mass is 544 g/mol. The Labute approximate surface area is 218 Å². The van der Waals surface area contributed by atoms with E-state index in [0.717, 1.165) is 38.5 Å². The summed E-state index contributed by atoms with van der Waals surface area (Å²) in [6, 6.07) is 1.27. The fraction of sp³-hybridized carbons (Fsp3) is 0.714. The summed E-state index contributed by atoms with van der Waals surface area (Å²) in [5, 5.41) is 5.48. The maximum absolute atomic E-state index is 13.6. The number of hydrogen-bond acceptors (Lipinski definition) is 2. The van der Waals surface area contributed by atoms with Crippen LogP contribution in [-0.4, -0.2) is 17.9 Å². The van der Waals surface area contributed by atoms with Crippen molar-refractivity contribution in [2.75, 3.05) is 5.32 Å². The average molecular weight is 545 g/mol. The lowest BCUT2D eigenvalue weighted by Crippen LogP contribution is -2.62. The molecule has 4 nitrogen and oxygen atoms in total. The highest BCUT2D eigenvalue weighted by Gasteiger charge is 2.62. The van der Waals surface area contributed by atoms with Gasteiger partial charge in [0.15, 0.2) is 0 Å². The molecule has 5 rings (SSSR count). The zero-order valence-corrected chi connectivity index (χ0v) is 21.7. The van der Waals surface area contributed by atoms with Crippen LogP contribution in [0.4, 0.5) is 32.0 Å². The number of halogens is 6. The highest BCUT2D eigenvalue weighted by Crippen LogP contribution is 2.66. The number of carbonyl (C=O) groups is 2. The van der Waals surface area contributed by atoms with Gasteiger partial charge >= 0.3 is 12.4 Å². The molecule has 4 aliphatic rings. The maximum Gasteiger partial charge on any atom is 0.418 e. The Balaban J connectivity index is 1.39. The predicted molar refractivity (Wildman–Crippen MR) is 129 cm³/mol. The quantitative estimate of drug-likeness (QED) is 0.392. The molecule has 1 heterocycles. The molecule has 8 atom stereocenters. The van der Waals surface area contributed by atoms with E-state index < -0.39 is 46.4 Å². The molecule has 4 fully saturated rings. The van der Waals surface area contributed by atoms with Crippen LogP contribution in [-0.2, 0) is 21.9 Å². The van der Waals surface area contributed by atoms with Crippen molar-refractivity contribution in [1.29, 1.82) is 0 Å². The van der Waals surface area contributed by atoms with Crippen LogP contribution in [0.5, 0.6) is 0 Å². The molecule has 0 aromatic heterocycles. The fourth-order valence-corrected chi connectivity index (χ4v) is 8.77. The molecule has 0 unspecified atom stereocenters. The van der Waals surface area contributed by atoms with Crippen LogP contribution in [0.3, 0.4) is 0 Å². The third-order valence-corrected chi connectivity index (χ3v) is 10.6. The summed E-state index contributed by atoms with van der Waals surface area (Å²) in [5.41, 5.74) is -3.87. The Bertz CT molecular complexity index is 1130. The topological polar surface area (TPSA) is 58.2 Å². The second-order valence-corrected chi connectivity index (χ2v) is 12.5. The zero-order valence-electron chi connectivity index (χ0n) is 21.7. The lowest BCUT2D eigenvalue weighted by atomic mass is 9.46. The van der Waals surface area contributed by atoms with Crippen LogP contribution in [0.2, 0.25) is 0 Å². The van der Waals surface area contributed by atoms with Gasteiger partial charge in [0, 0.05) is 17.9 Å². The van der Waals surface area contributed by atoms with E-state index >= 15 is 0 Å². The summed E-state index contributed by atoms with van der Waals surface area (Å²) < 4.78 is 80.6. The molecule has 0 spiro atoms. The standard InChI is InChI=1S/C28H34F6N2O2/c1-14-13-26(3)18-10-11-25(2)17(16(18)5-9-22(26)36-23(14)37)7-8-20(25)24(38)35-21-12-15(27(29,30)31)4-6-19(21)28(32,33)34/h4,6,12,14,16-18,20,22H,5,7-11,13H2,1-3H3,(H,35,38)(H,36,37)/t14-,16+,17+,18+,20-,22-,25+,26-/m1/s1. The number of piperidine rings is 1. The van der Waals surface area contributed by atoms with Gasteiger partial charge < -0.3 is 10.6 Å². The summed E-state index contributed by atoms with van der Waals surface area (Å²) in [7, 11) is 0. The second-order valence-electron chi connectivity index (χ2n) is 12.5. The number of anilines is 1. The Morgan fingerprint density at radius 1 is 0.947 bits per heavy atom. The fourth-order valence-electron chi connectivity index (χ4n) is 8.77. The van der Waals surface area contributed by atoms with E-state index in [0.29, 0.717) is 36.5 Å². The highest BCUT2D eigenvalue weighted by molar-refractivity contribution is 5.94. The Morgan fingerprint density at radius 3 is 2.29 bits per heavy atom. The number of benzene rings is 1. The van der Waals surface area contributed by atoms with Crippen LogP contribution in [0.1, 0.15) is 76.8 Å². The van der Waals surface area contributed by atoms with Gasteiger partial charge in [-0.3, -0.25) is 9.59 Å². The first kappa shape index (κ1) is 27.3. The van der Waals surface area contributed by atoms with Crippen molar-refractivity contribution in [3.63, 3.8) is 0 Å². The molecule has 0 bridgehead atoms. The lowest BCUT2D eigenvalue weighted by molar-refractivity contribution is -0.145. The van der Waals surface area contributed by atoms with Gasteiger partial charge in [0.1, 0.15) is 0 Å². The van der Waals surface area contributed by atoms with E-state index in [1.165, 1.54) is 0 Å². The van der Waals surface area contributed by atoms with Gasteiger partial charge in [-0.2, -0.15) is 26.3 Å². The van der Waals surface area contributed by atoms with Gasteiger partial charge in [0.05, 0.1) is 16.8 Å². The van der Waals surface area contributed by atoms with Crippen LogP contribution in [0.25, 0.3) is 0 Å². The minimum absolute atomic E-state index is 0.0441. The predicted octanol–water partition coefficient (Wildman–Crippen LogP) is 7.05. The van der Waals surface area contributed by atoms with Crippen LogP contribution in [0, 0.1) is 40.4 Å². The maximum atomic E-state index is 13.6. The van der Waals surface area contributed by atoms with Gasteiger partial charge in [-0.05, 0) is 91.7 Å². The first-order chi connectivity index (χ1) is 17.6. The molecule has 3 aliphatic carbocycles. The zero-order chi connectivity index (χ0) is 27.8. The van der Waals surface area contributed by atoms with Gasteiger partial charge in [-0.25, -0.2) is 0 Å². The Morgan fingerprint density at radius 2 is 1.63 bits per heavy atom. The molecule has 10 heteroatoms. The van der Waals surface area contributed by atoms with Crippen molar-refractivity contribution in [2.24, 2.45) is 40.4 Å². The molecule has 2 amide bonds. The first-order valence-electron chi connectivity index (χ1n) is 13.5. The molecule has 38 heavy (non-hydrogen) atoms. The van der Waals surface area contributed by atoms with Crippen molar-refractivity contribution in [3.05, 3.63) is 29.3 Å². The number of amides is 2. The molecule has 210 valence electrons. The number of nitrogens with one attached hydrogen (secondary N) is 2.